The number of nitrogens with one attached hydrogen (secondary N) is 1. The molecule has 0 aliphatic carbocycles. The van der Waals surface area contributed by atoms with Gasteiger partial charge in [0, 0.05) is 37.7 Å². The molecule has 0 saturated carbocycles. The Labute approximate surface area is 158 Å². The van der Waals surface area contributed by atoms with E-state index in [1.807, 2.05) is 22.4 Å². The van der Waals surface area contributed by atoms with Crippen LogP contribution in [0, 0.1) is 0 Å². The number of anilines is 1. The average Bonchev–Trinajstić information content (AvgIpc) is 3.08. The van der Waals surface area contributed by atoms with Gasteiger partial charge in [0.25, 0.3) is 0 Å². The predicted octanol–water partition coefficient (Wildman–Crippen LogP) is 2.63. The van der Waals surface area contributed by atoms with Crippen LogP contribution in [0.3, 0.4) is 0 Å². The van der Waals surface area contributed by atoms with Gasteiger partial charge in [-0.1, -0.05) is 12.1 Å². The Morgan fingerprint density at radius 3 is 2.46 bits per heavy atom. The van der Waals surface area contributed by atoms with Crippen LogP contribution in [-0.2, 0) is 21.4 Å². The van der Waals surface area contributed by atoms with Crippen LogP contribution in [0.4, 0.5) is 5.69 Å². The van der Waals surface area contributed by atoms with Crippen LogP contribution in [0.15, 0.2) is 59.3 Å². The van der Waals surface area contributed by atoms with E-state index in [1.165, 1.54) is 31.1 Å². The molecule has 0 atom stereocenters. The molecular formula is C18H23N3O3S2. The average molecular weight is 394 g/mol. The lowest BCUT2D eigenvalue weighted by molar-refractivity contribution is -0.117. The van der Waals surface area contributed by atoms with E-state index in [2.05, 4.69) is 11.9 Å². The molecule has 0 unspecified atom stereocenters. The van der Waals surface area contributed by atoms with Gasteiger partial charge in [-0.05, 0) is 35.7 Å². The maximum absolute atomic E-state index is 12.3. The predicted molar refractivity (Wildman–Crippen MR) is 106 cm³/mol. The third-order valence-electron chi connectivity index (χ3n) is 3.63. The maximum atomic E-state index is 12.3. The quantitative estimate of drug-likeness (QED) is 0.665. The number of thiophene rings is 1. The van der Waals surface area contributed by atoms with Crippen LogP contribution in [0.25, 0.3) is 0 Å². The molecule has 1 aromatic heterocycles. The summed E-state index contributed by atoms with van der Waals surface area (Å²) < 4.78 is 25.3. The Hall–Kier alpha value is -2.00. The van der Waals surface area contributed by atoms with Crippen molar-refractivity contribution < 1.29 is 13.2 Å². The topological polar surface area (TPSA) is 69.7 Å². The molecule has 0 saturated heterocycles. The molecule has 0 fully saturated rings. The Morgan fingerprint density at radius 1 is 1.23 bits per heavy atom. The second-order valence-corrected chi connectivity index (χ2v) is 9.08. The van der Waals surface area contributed by atoms with Gasteiger partial charge in [-0.3, -0.25) is 9.69 Å². The third kappa shape index (κ3) is 5.50. The van der Waals surface area contributed by atoms with E-state index < -0.39 is 10.0 Å². The Kier molecular flexibility index (Phi) is 7.10. The molecular weight excluding hydrogens is 370 g/mol. The largest absolute Gasteiger partial charge is 0.325 e. The highest BCUT2D eigenvalue weighted by atomic mass is 32.2. The number of hydrogen-bond donors (Lipinski definition) is 1. The van der Waals surface area contributed by atoms with Gasteiger partial charge in [-0.15, -0.1) is 17.9 Å². The van der Waals surface area contributed by atoms with Crippen molar-refractivity contribution in [3.05, 3.63) is 59.3 Å². The van der Waals surface area contributed by atoms with Gasteiger partial charge in [0.2, 0.25) is 15.9 Å². The zero-order valence-electron chi connectivity index (χ0n) is 14.9. The molecule has 2 rings (SSSR count). The number of benzene rings is 1. The van der Waals surface area contributed by atoms with Crippen molar-refractivity contribution in [3.8, 4) is 0 Å². The van der Waals surface area contributed by atoms with E-state index in [1.54, 1.807) is 29.5 Å². The lowest BCUT2D eigenvalue weighted by Gasteiger charge is -2.19. The zero-order valence-corrected chi connectivity index (χ0v) is 16.5. The molecule has 0 bridgehead atoms. The molecule has 26 heavy (non-hydrogen) atoms. The number of amides is 1. The summed E-state index contributed by atoms with van der Waals surface area (Å²) >= 11 is 1.65. The first-order valence-electron chi connectivity index (χ1n) is 8.01. The zero-order chi connectivity index (χ0) is 19.2. The molecule has 0 radical (unpaired) electrons. The molecule has 1 N–H and O–H groups in total. The number of carbonyl (C=O) groups is 1. The molecule has 0 spiro atoms. The van der Waals surface area contributed by atoms with Crippen molar-refractivity contribution in [2.24, 2.45) is 0 Å². The minimum atomic E-state index is -3.48. The van der Waals surface area contributed by atoms with Gasteiger partial charge in [-0.25, -0.2) is 12.7 Å². The number of nitrogens with zero attached hydrogens (tertiary/aromatic N) is 2. The second-order valence-electron chi connectivity index (χ2n) is 5.90. The molecule has 0 aliphatic rings. The number of sulfonamides is 1. The van der Waals surface area contributed by atoms with Gasteiger partial charge in [0.15, 0.2) is 0 Å². The fraction of sp³-hybridized carbons (Fsp3) is 0.278. The highest BCUT2D eigenvalue weighted by Crippen LogP contribution is 2.17. The molecule has 1 amide bonds. The summed E-state index contributed by atoms with van der Waals surface area (Å²) in [4.78, 5) is 15.7. The summed E-state index contributed by atoms with van der Waals surface area (Å²) in [6, 6.07) is 10.2. The summed E-state index contributed by atoms with van der Waals surface area (Å²) in [6.45, 7) is 5.24. The highest BCUT2D eigenvalue weighted by molar-refractivity contribution is 7.89. The standard InChI is InChI=1S/C18H23N3O3S2/c1-4-11-21(13-16-6-5-12-25-16)14-18(22)19-15-7-9-17(10-8-15)26(23,24)20(2)3/h4-10,12H,1,11,13-14H2,2-3H3,(H,19,22). The lowest BCUT2D eigenvalue weighted by atomic mass is 10.3. The monoisotopic (exact) mass is 393 g/mol. The van der Waals surface area contributed by atoms with Gasteiger partial charge in [0.1, 0.15) is 0 Å². The van der Waals surface area contributed by atoms with Crippen molar-refractivity contribution in [2.75, 3.05) is 32.5 Å². The number of hydrogen-bond acceptors (Lipinski definition) is 5. The molecule has 8 heteroatoms. The lowest BCUT2D eigenvalue weighted by Crippen LogP contribution is -2.32. The normalized spacial score (nSPS) is 11.7. The molecule has 0 aliphatic heterocycles. The van der Waals surface area contributed by atoms with Gasteiger partial charge >= 0.3 is 0 Å². The fourth-order valence-corrected chi connectivity index (χ4v) is 3.96. The number of rotatable bonds is 9. The molecule has 140 valence electrons. The minimum Gasteiger partial charge on any atom is -0.325 e. The van der Waals surface area contributed by atoms with E-state index in [-0.39, 0.29) is 17.3 Å². The highest BCUT2D eigenvalue weighted by Gasteiger charge is 2.17. The van der Waals surface area contributed by atoms with Crippen molar-refractivity contribution in [1.82, 2.24) is 9.21 Å². The summed E-state index contributed by atoms with van der Waals surface area (Å²) in [5.74, 6) is -0.161. The Morgan fingerprint density at radius 2 is 1.92 bits per heavy atom. The summed E-state index contributed by atoms with van der Waals surface area (Å²) in [6.07, 6.45) is 1.77. The molecule has 6 nitrogen and oxygen atoms in total. The van der Waals surface area contributed by atoms with Crippen LogP contribution in [0.5, 0.6) is 0 Å². The number of carbonyl (C=O) groups excluding carboxylic acids is 1. The summed E-state index contributed by atoms with van der Waals surface area (Å²) in [5, 5.41) is 4.80. The maximum Gasteiger partial charge on any atom is 0.242 e. The van der Waals surface area contributed by atoms with Crippen LogP contribution in [0.2, 0.25) is 0 Å². The van der Waals surface area contributed by atoms with Crippen LogP contribution < -0.4 is 5.32 Å². The van der Waals surface area contributed by atoms with E-state index in [4.69, 9.17) is 0 Å². The third-order valence-corrected chi connectivity index (χ3v) is 6.32. The van der Waals surface area contributed by atoms with Gasteiger partial charge in [-0.2, -0.15) is 0 Å². The molecule has 1 aromatic carbocycles. The smallest absolute Gasteiger partial charge is 0.242 e. The van der Waals surface area contributed by atoms with E-state index >= 15 is 0 Å². The van der Waals surface area contributed by atoms with Gasteiger partial charge in [0.05, 0.1) is 11.4 Å². The fourth-order valence-electron chi connectivity index (χ4n) is 2.32. The van der Waals surface area contributed by atoms with E-state index in [0.29, 0.717) is 18.8 Å². The minimum absolute atomic E-state index is 0.161. The van der Waals surface area contributed by atoms with E-state index in [9.17, 15) is 13.2 Å². The summed E-state index contributed by atoms with van der Waals surface area (Å²) in [5.41, 5.74) is 0.558. The van der Waals surface area contributed by atoms with Gasteiger partial charge < -0.3 is 5.32 Å². The SMILES string of the molecule is C=CCN(CC(=O)Nc1ccc(S(=O)(=O)N(C)C)cc1)Cc1cccs1. The molecule has 1 heterocycles. The van der Waals surface area contributed by atoms with Crippen molar-refractivity contribution in [1.29, 1.82) is 0 Å². The van der Waals surface area contributed by atoms with Crippen molar-refractivity contribution >= 4 is 33.0 Å². The first-order chi connectivity index (χ1) is 12.3. The van der Waals surface area contributed by atoms with Crippen LogP contribution >= 0.6 is 11.3 Å². The summed E-state index contributed by atoms with van der Waals surface area (Å²) in [7, 11) is -0.517. The second kappa shape index (κ2) is 9.09. The van der Waals surface area contributed by atoms with Crippen LogP contribution in [-0.4, -0.2) is 50.7 Å². The van der Waals surface area contributed by atoms with E-state index in [0.717, 1.165) is 4.31 Å². The van der Waals surface area contributed by atoms with Crippen LogP contribution in [0.1, 0.15) is 4.88 Å². The first-order valence-corrected chi connectivity index (χ1v) is 10.3. The van der Waals surface area contributed by atoms with Crippen molar-refractivity contribution in [2.45, 2.75) is 11.4 Å². The molecule has 2 aromatic rings. The Balaban J connectivity index is 1.98. The van der Waals surface area contributed by atoms with Crippen molar-refractivity contribution in [3.63, 3.8) is 0 Å². The Bertz CT molecular complexity index is 829. The first kappa shape index (κ1) is 20.3.